The van der Waals surface area contributed by atoms with Crippen LogP contribution >= 0.6 is 11.3 Å². The lowest BCUT2D eigenvalue weighted by Gasteiger charge is -2.33. The van der Waals surface area contributed by atoms with Gasteiger partial charge in [0.25, 0.3) is 0 Å². The van der Waals surface area contributed by atoms with Crippen molar-refractivity contribution in [1.29, 1.82) is 0 Å². The molecule has 2 heterocycles. The molecule has 1 N–H and O–H groups in total. The van der Waals surface area contributed by atoms with Gasteiger partial charge in [0, 0.05) is 31.2 Å². The van der Waals surface area contributed by atoms with Crippen LogP contribution < -0.4 is 9.46 Å². The van der Waals surface area contributed by atoms with Gasteiger partial charge in [0.1, 0.15) is 16.9 Å². The zero-order valence-corrected chi connectivity index (χ0v) is 20.9. The molecule has 1 aromatic heterocycles. The third-order valence-corrected chi connectivity index (χ3v) is 7.11. The summed E-state index contributed by atoms with van der Waals surface area (Å²) in [5.41, 5.74) is 1.61. The Morgan fingerprint density at radius 3 is 2.56 bits per heavy atom. The van der Waals surface area contributed by atoms with E-state index in [-0.39, 0.29) is 12.2 Å². The van der Waals surface area contributed by atoms with Crippen molar-refractivity contribution in [2.75, 3.05) is 37.2 Å². The number of hydrogen-bond acceptors (Lipinski definition) is 7. The van der Waals surface area contributed by atoms with Gasteiger partial charge < -0.3 is 14.4 Å². The van der Waals surface area contributed by atoms with E-state index in [1.54, 1.807) is 29.5 Å². The van der Waals surface area contributed by atoms with Crippen molar-refractivity contribution in [3.63, 3.8) is 0 Å². The number of likely N-dealkylation sites (tertiary alicyclic amines) is 1. The number of benzene rings is 2. The SMILES string of the molecule is CS(=O)(=O)Nc1ccccc1OCCCN1CCC(OC(c2ccccc2)c2nccs2)CC1. The summed E-state index contributed by atoms with van der Waals surface area (Å²) < 4.78 is 38.0. The lowest BCUT2D eigenvalue weighted by atomic mass is 10.1. The number of nitrogens with one attached hydrogen (secondary N) is 1. The fourth-order valence-corrected chi connectivity index (χ4v) is 5.35. The van der Waals surface area contributed by atoms with Crippen molar-refractivity contribution >= 4 is 27.0 Å². The quantitative estimate of drug-likeness (QED) is 0.388. The summed E-state index contributed by atoms with van der Waals surface area (Å²) in [4.78, 5) is 6.94. The number of nitrogens with zero attached hydrogens (tertiary/aromatic N) is 2. The molecule has 1 aliphatic rings. The molecule has 9 heteroatoms. The van der Waals surface area contributed by atoms with Crippen molar-refractivity contribution in [2.45, 2.75) is 31.5 Å². The maximum Gasteiger partial charge on any atom is 0.229 e. The van der Waals surface area contributed by atoms with Gasteiger partial charge in [-0.15, -0.1) is 11.3 Å². The molecule has 0 saturated carbocycles. The minimum Gasteiger partial charge on any atom is -0.491 e. The molecule has 2 aromatic carbocycles. The molecule has 34 heavy (non-hydrogen) atoms. The Balaban J connectivity index is 1.22. The molecular weight excluding hydrogens is 470 g/mol. The Morgan fingerprint density at radius 2 is 1.85 bits per heavy atom. The van der Waals surface area contributed by atoms with E-state index in [2.05, 4.69) is 26.7 Å². The van der Waals surface area contributed by atoms with Crippen LogP contribution in [0.25, 0.3) is 0 Å². The van der Waals surface area contributed by atoms with E-state index in [1.165, 1.54) is 0 Å². The Labute approximate surface area is 205 Å². The molecule has 7 nitrogen and oxygen atoms in total. The molecular formula is C25H31N3O4S2. The maximum absolute atomic E-state index is 11.5. The zero-order chi connectivity index (χ0) is 23.8. The van der Waals surface area contributed by atoms with Crippen LogP contribution in [0.15, 0.2) is 66.2 Å². The van der Waals surface area contributed by atoms with E-state index in [0.29, 0.717) is 18.0 Å². The van der Waals surface area contributed by atoms with Gasteiger partial charge in [0.2, 0.25) is 10.0 Å². The second-order valence-electron chi connectivity index (χ2n) is 8.41. The fraction of sp³-hybridized carbons (Fsp3) is 0.400. The number of para-hydroxylation sites is 2. The molecule has 1 fully saturated rings. The summed E-state index contributed by atoms with van der Waals surface area (Å²) in [7, 11) is -3.35. The monoisotopic (exact) mass is 501 g/mol. The minimum absolute atomic E-state index is 0.119. The smallest absolute Gasteiger partial charge is 0.229 e. The van der Waals surface area contributed by atoms with E-state index >= 15 is 0 Å². The zero-order valence-electron chi connectivity index (χ0n) is 19.3. The number of thiazole rings is 1. The van der Waals surface area contributed by atoms with Crippen LogP contribution in [0.3, 0.4) is 0 Å². The fourth-order valence-electron chi connectivity index (χ4n) is 4.08. The number of ether oxygens (including phenoxy) is 2. The van der Waals surface area contributed by atoms with E-state index < -0.39 is 10.0 Å². The first-order chi connectivity index (χ1) is 16.5. The highest BCUT2D eigenvalue weighted by atomic mass is 32.2. The lowest BCUT2D eigenvalue weighted by molar-refractivity contribution is -0.0274. The van der Waals surface area contributed by atoms with Crippen LogP contribution in [-0.2, 0) is 14.8 Å². The third-order valence-electron chi connectivity index (χ3n) is 5.70. The Morgan fingerprint density at radius 1 is 1.12 bits per heavy atom. The van der Waals surface area contributed by atoms with Gasteiger partial charge in [-0.3, -0.25) is 4.72 Å². The van der Waals surface area contributed by atoms with E-state index in [4.69, 9.17) is 9.47 Å². The summed E-state index contributed by atoms with van der Waals surface area (Å²) >= 11 is 1.63. The third kappa shape index (κ3) is 7.27. The number of sulfonamides is 1. The van der Waals surface area contributed by atoms with Crippen LogP contribution in [0.2, 0.25) is 0 Å². The van der Waals surface area contributed by atoms with Crippen LogP contribution in [0, 0.1) is 0 Å². The van der Waals surface area contributed by atoms with Gasteiger partial charge in [-0.2, -0.15) is 0 Å². The van der Waals surface area contributed by atoms with E-state index in [9.17, 15) is 8.42 Å². The summed E-state index contributed by atoms with van der Waals surface area (Å²) in [6.45, 7) is 3.43. The Hall–Kier alpha value is -2.46. The Kier molecular flexibility index (Phi) is 8.55. The number of rotatable bonds is 11. The number of anilines is 1. The summed E-state index contributed by atoms with van der Waals surface area (Å²) in [5.74, 6) is 0.550. The molecule has 0 aliphatic carbocycles. The van der Waals surface area contributed by atoms with Gasteiger partial charge in [-0.05, 0) is 37.0 Å². The standard InChI is InChI=1S/C25H31N3O4S2/c1-34(29,30)27-22-10-5-6-11-23(22)31-18-7-15-28-16-12-21(13-17-28)32-24(25-26-14-19-33-25)20-8-3-2-4-9-20/h2-6,8-11,14,19,21,24,27H,7,12-13,15-18H2,1H3. The van der Waals surface area contributed by atoms with Crippen molar-refractivity contribution < 1.29 is 17.9 Å². The molecule has 3 aromatic rings. The number of piperidine rings is 1. The normalized spacial score (nSPS) is 16.3. The molecule has 182 valence electrons. The van der Waals surface area contributed by atoms with Crippen LogP contribution in [0.5, 0.6) is 5.75 Å². The van der Waals surface area contributed by atoms with E-state index in [1.807, 2.05) is 35.8 Å². The molecule has 1 saturated heterocycles. The molecule has 0 radical (unpaired) electrons. The highest BCUT2D eigenvalue weighted by Gasteiger charge is 2.25. The largest absolute Gasteiger partial charge is 0.491 e. The summed E-state index contributed by atoms with van der Waals surface area (Å²) in [6.07, 6.45) is 5.88. The second kappa shape index (κ2) is 11.8. The van der Waals surface area contributed by atoms with Gasteiger partial charge in [0.15, 0.2) is 0 Å². The predicted molar refractivity (Wildman–Crippen MR) is 136 cm³/mol. The Bertz CT molecular complexity index is 1120. The van der Waals surface area contributed by atoms with Gasteiger partial charge in [-0.25, -0.2) is 13.4 Å². The predicted octanol–water partition coefficient (Wildman–Crippen LogP) is 4.55. The highest BCUT2D eigenvalue weighted by Crippen LogP contribution is 2.31. The van der Waals surface area contributed by atoms with Crippen LogP contribution in [-0.4, -0.2) is 56.9 Å². The van der Waals surface area contributed by atoms with Crippen LogP contribution in [0.4, 0.5) is 5.69 Å². The molecule has 0 bridgehead atoms. The second-order valence-corrected chi connectivity index (χ2v) is 11.1. The van der Waals surface area contributed by atoms with Crippen molar-refractivity contribution in [3.05, 3.63) is 76.7 Å². The maximum atomic E-state index is 11.5. The highest BCUT2D eigenvalue weighted by molar-refractivity contribution is 7.92. The van der Waals surface area contributed by atoms with Gasteiger partial charge in [-0.1, -0.05) is 42.5 Å². The molecule has 4 rings (SSSR count). The molecule has 1 atom stereocenters. The minimum atomic E-state index is -3.35. The summed E-state index contributed by atoms with van der Waals surface area (Å²) in [6, 6.07) is 17.4. The molecule has 1 aliphatic heterocycles. The molecule has 0 spiro atoms. The first kappa shape index (κ1) is 24.7. The average Bonchev–Trinajstić information content (AvgIpc) is 3.36. The van der Waals surface area contributed by atoms with Crippen molar-refractivity contribution in [1.82, 2.24) is 9.88 Å². The van der Waals surface area contributed by atoms with Crippen molar-refractivity contribution in [3.8, 4) is 5.75 Å². The number of hydrogen-bond donors (Lipinski definition) is 1. The van der Waals surface area contributed by atoms with Crippen molar-refractivity contribution in [2.24, 2.45) is 0 Å². The lowest BCUT2D eigenvalue weighted by Crippen LogP contribution is -2.38. The van der Waals surface area contributed by atoms with Crippen LogP contribution in [0.1, 0.15) is 35.9 Å². The molecule has 0 amide bonds. The van der Waals surface area contributed by atoms with Gasteiger partial charge in [0.05, 0.1) is 24.7 Å². The number of aromatic nitrogens is 1. The topological polar surface area (TPSA) is 80.8 Å². The van der Waals surface area contributed by atoms with Gasteiger partial charge >= 0.3 is 0 Å². The molecule has 1 unspecified atom stereocenters. The first-order valence-corrected chi connectivity index (χ1v) is 14.3. The first-order valence-electron chi connectivity index (χ1n) is 11.5. The summed E-state index contributed by atoms with van der Waals surface area (Å²) in [5, 5.41) is 2.99. The average molecular weight is 502 g/mol. The van der Waals surface area contributed by atoms with E-state index in [0.717, 1.165) is 55.7 Å².